The van der Waals surface area contributed by atoms with Crippen LogP contribution >= 0.6 is 11.3 Å². The predicted molar refractivity (Wildman–Crippen MR) is 130 cm³/mol. The van der Waals surface area contributed by atoms with E-state index >= 15 is 0 Å². The Balaban J connectivity index is 1.52. The van der Waals surface area contributed by atoms with Gasteiger partial charge >= 0.3 is 5.97 Å². The molecule has 0 saturated carbocycles. The number of ether oxygens (including phenoxy) is 2. The second-order valence-electron chi connectivity index (χ2n) is 7.15. The Kier molecular flexibility index (Phi) is 5.88. The number of methoxy groups -OCH3 is 1. The number of esters is 1. The third kappa shape index (κ3) is 4.18. The first-order chi connectivity index (χ1) is 16.7. The summed E-state index contributed by atoms with van der Waals surface area (Å²) in [5.74, 6) is 1.20. The molecule has 0 aliphatic carbocycles. The van der Waals surface area contributed by atoms with Crippen LogP contribution in [0, 0.1) is 0 Å². The summed E-state index contributed by atoms with van der Waals surface area (Å²) < 4.78 is 12.2. The summed E-state index contributed by atoms with van der Waals surface area (Å²) in [5.41, 5.74) is 2.92. The Bertz CT molecular complexity index is 1450. The molecule has 1 N–H and O–H groups in total. The number of nitrogens with zero attached hydrogens (tertiary/aromatic N) is 5. The zero-order chi connectivity index (χ0) is 23.5. The van der Waals surface area contributed by atoms with E-state index in [0.29, 0.717) is 16.7 Å². The fraction of sp³-hybridized carbons (Fsp3) is 0.125. The van der Waals surface area contributed by atoms with Crippen LogP contribution in [0.5, 0.6) is 5.75 Å². The van der Waals surface area contributed by atoms with E-state index in [1.807, 2.05) is 60.0 Å². The summed E-state index contributed by atoms with van der Waals surface area (Å²) in [4.78, 5) is 26.8. The van der Waals surface area contributed by atoms with Crippen LogP contribution in [-0.4, -0.2) is 44.3 Å². The zero-order valence-corrected chi connectivity index (χ0v) is 19.2. The number of nitrogens with one attached hydrogen (secondary N) is 1. The second kappa shape index (κ2) is 9.28. The monoisotopic (exact) mass is 472 g/mol. The van der Waals surface area contributed by atoms with Crippen molar-refractivity contribution >= 4 is 34.0 Å². The molecule has 0 unspecified atom stereocenters. The average Bonchev–Trinajstić information content (AvgIpc) is 3.45. The van der Waals surface area contributed by atoms with Gasteiger partial charge in [-0.3, -0.25) is 0 Å². The molecule has 9 nitrogen and oxygen atoms in total. The Morgan fingerprint density at radius 3 is 2.59 bits per heavy atom. The number of hydrogen-bond acceptors (Lipinski definition) is 9. The number of carbonyl (C=O) groups is 1. The lowest BCUT2D eigenvalue weighted by atomic mass is 10.2. The molecule has 0 bridgehead atoms. The highest BCUT2D eigenvalue weighted by atomic mass is 32.1. The van der Waals surface area contributed by atoms with E-state index in [0.717, 1.165) is 22.6 Å². The molecule has 5 aromatic rings. The number of rotatable bonds is 7. The van der Waals surface area contributed by atoms with Crippen molar-refractivity contribution in [3.63, 3.8) is 0 Å². The third-order valence-electron chi connectivity index (χ3n) is 5.01. The van der Waals surface area contributed by atoms with Crippen LogP contribution in [0.2, 0.25) is 0 Å². The number of carbonyl (C=O) groups excluding carboxylic acids is 1. The number of thiazole rings is 1. The molecule has 3 heterocycles. The average molecular weight is 473 g/mol. The minimum Gasteiger partial charge on any atom is -0.497 e. The van der Waals surface area contributed by atoms with Gasteiger partial charge in [0.05, 0.1) is 19.4 Å². The minimum atomic E-state index is -0.530. The van der Waals surface area contributed by atoms with Crippen LogP contribution < -0.4 is 10.1 Å². The summed E-state index contributed by atoms with van der Waals surface area (Å²) in [6, 6.07) is 17.3. The first-order valence-corrected chi connectivity index (χ1v) is 11.4. The molecule has 34 heavy (non-hydrogen) atoms. The highest BCUT2D eigenvalue weighted by Crippen LogP contribution is 2.28. The minimum absolute atomic E-state index is 0.195. The molecule has 0 aliphatic heterocycles. The summed E-state index contributed by atoms with van der Waals surface area (Å²) >= 11 is 1.48. The fourth-order valence-corrected chi connectivity index (χ4v) is 4.19. The van der Waals surface area contributed by atoms with E-state index in [1.165, 1.54) is 17.5 Å². The lowest BCUT2D eigenvalue weighted by molar-refractivity contribution is 0.0526. The third-order valence-corrected chi connectivity index (χ3v) is 5.83. The van der Waals surface area contributed by atoms with E-state index in [2.05, 4.69) is 25.4 Å². The van der Waals surface area contributed by atoms with Crippen molar-refractivity contribution in [2.45, 2.75) is 6.92 Å². The van der Waals surface area contributed by atoms with Crippen molar-refractivity contribution in [3.05, 3.63) is 71.7 Å². The summed E-state index contributed by atoms with van der Waals surface area (Å²) in [6.45, 7) is 1.98. The molecule has 0 aliphatic rings. The zero-order valence-electron chi connectivity index (χ0n) is 18.4. The van der Waals surface area contributed by atoms with Gasteiger partial charge in [0, 0.05) is 22.7 Å². The lowest BCUT2D eigenvalue weighted by Gasteiger charge is -2.10. The first kappa shape index (κ1) is 21.5. The maximum atomic E-state index is 12.5. The van der Waals surface area contributed by atoms with Crippen molar-refractivity contribution in [1.29, 1.82) is 0 Å². The van der Waals surface area contributed by atoms with Crippen LogP contribution in [0.4, 0.5) is 11.8 Å². The number of hydrogen-bond donors (Lipinski definition) is 1. The molecule has 5 rings (SSSR count). The van der Waals surface area contributed by atoms with E-state index in [9.17, 15) is 4.79 Å². The smallest absolute Gasteiger partial charge is 0.343 e. The van der Waals surface area contributed by atoms with Crippen LogP contribution in [-0.2, 0) is 4.74 Å². The quantitative estimate of drug-likeness (QED) is 0.336. The van der Waals surface area contributed by atoms with Gasteiger partial charge in [0.1, 0.15) is 11.3 Å². The molecule has 0 radical (unpaired) electrons. The van der Waals surface area contributed by atoms with Gasteiger partial charge in [-0.25, -0.2) is 19.3 Å². The van der Waals surface area contributed by atoms with E-state index < -0.39 is 5.97 Å². The van der Waals surface area contributed by atoms with Gasteiger partial charge in [-0.1, -0.05) is 30.3 Å². The lowest BCUT2D eigenvalue weighted by Crippen LogP contribution is -2.11. The highest BCUT2D eigenvalue weighted by Gasteiger charge is 2.19. The standard InChI is InChI=1S/C24H20N6O3S/c1-3-33-22(31)18-13-25-20(16-9-11-17(32-2)12-10-16)26-21(18)27-23-28-24-30(29-23)19(14-34-24)15-7-5-4-6-8-15/h4-14H,3H2,1-2H3,(H,25,26,27,29). The Morgan fingerprint density at radius 1 is 1.06 bits per heavy atom. The largest absolute Gasteiger partial charge is 0.497 e. The van der Waals surface area contributed by atoms with Crippen molar-refractivity contribution < 1.29 is 14.3 Å². The molecular weight excluding hydrogens is 452 g/mol. The fourth-order valence-electron chi connectivity index (χ4n) is 3.36. The van der Waals surface area contributed by atoms with Crippen LogP contribution in [0.1, 0.15) is 17.3 Å². The predicted octanol–water partition coefficient (Wildman–Crippen LogP) is 4.84. The van der Waals surface area contributed by atoms with Gasteiger partial charge in [0.15, 0.2) is 11.6 Å². The Labute approximate surface area is 199 Å². The first-order valence-electron chi connectivity index (χ1n) is 10.5. The summed E-state index contributed by atoms with van der Waals surface area (Å²) in [7, 11) is 1.60. The Morgan fingerprint density at radius 2 is 1.85 bits per heavy atom. The normalized spacial score (nSPS) is 10.9. The molecule has 0 spiro atoms. The number of fused-ring (bicyclic) bond motifs is 1. The van der Waals surface area contributed by atoms with Gasteiger partial charge in [-0.05, 0) is 31.2 Å². The maximum absolute atomic E-state index is 12.5. The maximum Gasteiger partial charge on any atom is 0.343 e. The molecule has 2 aromatic carbocycles. The number of aromatic nitrogens is 5. The van der Waals surface area contributed by atoms with Gasteiger partial charge in [0.2, 0.25) is 10.9 Å². The van der Waals surface area contributed by atoms with Crippen molar-refractivity contribution in [2.75, 3.05) is 19.0 Å². The number of anilines is 2. The van der Waals surface area contributed by atoms with Gasteiger partial charge in [-0.15, -0.1) is 16.4 Å². The summed E-state index contributed by atoms with van der Waals surface area (Å²) in [5, 5.41) is 9.68. The molecule has 3 aromatic heterocycles. The molecule has 0 saturated heterocycles. The van der Waals surface area contributed by atoms with Gasteiger partial charge < -0.3 is 14.8 Å². The van der Waals surface area contributed by atoms with E-state index in [4.69, 9.17) is 9.47 Å². The molecule has 170 valence electrons. The number of benzene rings is 2. The SMILES string of the molecule is CCOC(=O)c1cnc(-c2ccc(OC)cc2)nc1Nc1nc2scc(-c3ccccc3)n2n1. The molecular formula is C24H20N6O3S. The Hall–Kier alpha value is -4.31. The second-order valence-corrected chi connectivity index (χ2v) is 7.98. The molecule has 0 atom stereocenters. The van der Waals surface area contributed by atoms with Gasteiger partial charge in [0.25, 0.3) is 0 Å². The van der Waals surface area contributed by atoms with Crippen LogP contribution in [0.3, 0.4) is 0 Å². The molecule has 0 fully saturated rings. The van der Waals surface area contributed by atoms with Crippen molar-refractivity contribution in [2.24, 2.45) is 0 Å². The van der Waals surface area contributed by atoms with Gasteiger partial charge in [-0.2, -0.15) is 4.98 Å². The van der Waals surface area contributed by atoms with E-state index in [1.54, 1.807) is 18.5 Å². The van der Waals surface area contributed by atoms with Crippen molar-refractivity contribution in [1.82, 2.24) is 24.6 Å². The van der Waals surface area contributed by atoms with Crippen LogP contribution in [0.15, 0.2) is 66.2 Å². The molecule has 10 heteroatoms. The van der Waals surface area contributed by atoms with Crippen molar-refractivity contribution in [3.8, 4) is 28.4 Å². The molecule has 0 amide bonds. The summed E-state index contributed by atoms with van der Waals surface area (Å²) in [6.07, 6.45) is 1.45. The van der Waals surface area contributed by atoms with Crippen LogP contribution in [0.25, 0.3) is 27.6 Å². The van der Waals surface area contributed by atoms with E-state index in [-0.39, 0.29) is 18.0 Å². The topological polar surface area (TPSA) is 104 Å². The highest BCUT2D eigenvalue weighted by molar-refractivity contribution is 7.15.